The summed E-state index contributed by atoms with van der Waals surface area (Å²) in [5.41, 5.74) is 1.23. The highest BCUT2D eigenvalue weighted by Crippen LogP contribution is 2.32. The number of ether oxygens (including phenoxy) is 2. The van der Waals surface area contributed by atoms with Gasteiger partial charge in [0.25, 0.3) is 15.6 Å². The van der Waals surface area contributed by atoms with Gasteiger partial charge in [-0.2, -0.15) is 13.0 Å². The fourth-order valence-electron chi connectivity index (χ4n) is 3.38. The van der Waals surface area contributed by atoms with E-state index in [4.69, 9.17) is 14.0 Å². The molecule has 0 atom stereocenters. The first-order chi connectivity index (χ1) is 13.3. The van der Waals surface area contributed by atoms with E-state index in [0.29, 0.717) is 33.3 Å². The zero-order valence-corrected chi connectivity index (χ0v) is 16.2. The van der Waals surface area contributed by atoms with Crippen LogP contribution in [0.15, 0.2) is 36.4 Å². The molecule has 0 saturated heterocycles. The van der Waals surface area contributed by atoms with Gasteiger partial charge in [0.2, 0.25) is 5.52 Å². The number of hydrogen-bond acceptors (Lipinski definition) is 5. The van der Waals surface area contributed by atoms with Gasteiger partial charge in [-0.3, -0.25) is 4.55 Å². The molecule has 0 aliphatic heterocycles. The van der Waals surface area contributed by atoms with Crippen LogP contribution in [-0.2, 0) is 16.7 Å². The number of rotatable bonds is 7. The highest BCUT2D eigenvalue weighted by Gasteiger charge is 2.27. The van der Waals surface area contributed by atoms with Crippen molar-refractivity contribution < 1.29 is 36.9 Å². The number of hydrogen-bond donors (Lipinski definition) is 2. The normalized spacial score (nSPS) is 11.7. The first-order valence-corrected chi connectivity index (χ1v) is 10.1. The fraction of sp³-hybridized carbons (Fsp3) is 0.263. The van der Waals surface area contributed by atoms with E-state index in [-0.39, 0.29) is 18.5 Å². The second-order valence-electron chi connectivity index (χ2n) is 6.21. The maximum atomic E-state index is 12.1. The third-order valence-electron chi connectivity index (χ3n) is 4.52. The van der Waals surface area contributed by atoms with Crippen LogP contribution in [0.3, 0.4) is 0 Å². The van der Waals surface area contributed by atoms with Gasteiger partial charge in [0.05, 0.1) is 36.3 Å². The number of fused-ring (bicyclic) bond motifs is 2. The van der Waals surface area contributed by atoms with Crippen LogP contribution in [0.5, 0.6) is 11.5 Å². The molecule has 28 heavy (non-hydrogen) atoms. The molecule has 0 aliphatic rings. The molecule has 2 N–H and O–H groups in total. The van der Waals surface area contributed by atoms with Crippen molar-refractivity contribution in [3.05, 3.63) is 42.0 Å². The molecule has 1 aromatic heterocycles. The van der Waals surface area contributed by atoms with Crippen molar-refractivity contribution in [3.8, 4) is 11.5 Å². The number of carbonyl (C=O) groups is 1. The first-order valence-electron chi connectivity index (χ1n) is 8.45. The average Bonchev–Trinajstić information content (AvgIpc) is 2.65. The summed E-state index contributed by atoms with van der Waals surface area (Å²) in [6.45, 7) is 0.236. The molecular formula is C19H20NO7S+. The minimum Gasteiger partial charge on any atom is -0.497 e. The summed E-state index contributed by atoms with van der Waals surface area (Å²) in [6, 6.07) is 10.1. The van der Waals surface area contributed by atoms with E-state index in [9.17, 15) is 18.3 Å². The van der Waals surface area contributed by atoms with E-state index in [1.54, 1.807) is 41.0 Å². The second-order valence-corrected chi connectivity index (χ2v) is 7.78. The Kier molecular flexibility index (Phi) is 5.39. The zero-order valence-electron chi connectivity index (χ0n) is 15.4. The minimum atomic E-state index is -4.11. The maximum absolute atomic E-state index is 12.1. The molecule has 0 unspecified atom stereocenters. The molecule has 0 radical (unpaired) electrons. The minimum absolute atomic E-state index is 0.105. The molecule has 148 valence electrons. The largest absolute Gasteiger partial charge is 0.497 e. The van der Waals surface area contributed by atoms with Gasteiger partial charge < -0.3 is 14.6 Å². The van der Waals surface area contributed by atoms with E-state index in [2.05, 4.69) is 0 Å². The van der Waals surface area contributed by atoms with Crippen LogP contribution in [0, 0.1) is 0 Å². The van der Waals surface area contributed by atoms with E-state index in [1.165, 1.54) is 14.2 Å². The highest BCUT2D eigenvalue weighted by molar-refractivity contribution is 7.85. The van der Waals surface area contributed by atoms with Crippen LogP contribution in [0.4, 0.5) is 0 Å². The summed E-state index contributed by atoms with van der Waals surface area (Å²) in [6.07, 6.45) is 0.143. The van der Waals surface area contributed by atoms with Gasteiger partial charge in [-0.15, -0.1) is 0 Å². The van der Waals surface area contributed by atoms with E-state index in [1.807, 2.05) is 0 Å². The second kappa shape index (κ2) is 7.61. The number of aryl methyl sites for hydroxylation is 1. The maximum Gasteiger partial charge on any atom is 0.337 e. The monoisotopic (exact) mass is 406 g/mol. The number of aromatic carboxylic acids is 1. The predicted molar refractivity (Wildman–Crippen MR) is 103 cm³/mol. The molecule has 1 heterocycles. The number of methoxy groups -OCH3 is 2. The lowest BCUT2D eigenvalue weighted by atomic mass is 10.0. The van der Waals surface area contributed by atoms with Crippen LogP contribution in [0.1, 0.15) is 16.8 Å². The molecule has 0 aliphatic carbocycles. The number of benzene rings is 2. The van der Waals surface area contributed by atoms with Gasteiger partial charge in [-0.1, -0.05) is 6.07 Å². The third-order valence-corrected chi connectivity index (χ3v) is 5.32. The third kappa shape index (κ3) is 3.71. The molecule has 0 spiro atoms. The molecule has 0 bridgehead atoms. The van der Waals surface area contributed by atoms with Gasteiger partial charge in [-0.25, -0.2) is 4.79 Å². The number of aromatic nitrogens is 1. The summed E-state index contributed by atoms with van der Waals surface area (Å²) in [5.74, 6) is -0.539. The number of nitrogens with zero attached hydrogens (tertiary/aromatic N) is 1. The van der Waals surface area contributed by atoms with Crippen LogP contribution < -0.4 is 14.0 Å². The Bertz CT molecular complexity index is 1170. The van der Waals surface area contributed by atoms with Crippen LogP contribution in [0.25, 0.3) is 21.8 Å². The Hall–Kier alpha value is -2.91. The Morgan fingerprint density at radius 3 is 2.46 bits per heavy atom. The van der Waals surface area contributed by atoms with Crippen molar-refractivity contribution >= 4 is 37.9 Å². The van der Waals surface area contributed by atoms with Crippen molar-refractivity contribution in [2.45, 2.75) is 13.0 Å². The van der Waals surface area contributed by atoms with Gasteiger partial charge in [0, 0.05) is 12.5 Å². The molecule has 0 amide bonds. The Morgan fingerprint density at radius 2 is 1.86 bits per heavy atom. The zero-order chi connectivity index (χ0) is 20.5. The van der Waals surface area contributed by atoms with Crippen LogP contribution in [0.2, 0.25) is 0 Å². The number of carboxylic acids is 1. The molecular weight excluding hydrogens is 386 g/mol. The van der Waals surface area contributed by atoms with Crippen molar-refractivity contribution in [3.63, 3.8) is 0 Å². The molecule has 0 fully saturated rings. The molecule has 3 aromatic rings. The Morgan fingerprint density at radius 1 is 1.11 bits per heavy atom. The molecule has 8 nitrogen and oxygen atoms in total. The van der Waals surface area contributed by atoms with Gasteiger partial charge >= 0.3 is 5.97 Å². The van der Waals surface area contributed by atoms with Crippen LogP contribution in [-0.4, -0.2) is 44.0 Å². The number of pyridine rings is 1. The van der Waals surface area contributed by atoms with Crippen molar-refractivity contribution in [1.82, 2.24) is 0 Å². The van der Waals surface area contributed by atoms with Gasteiger partial charge in [0.1, 0.15) is 5.75 Å². The topological polar surface area (TPSA) is 114 Å². The molecule has 3 rings (SSSR count). The van der Waals surface area contributed by atoms with Crippen molar-refractivity contribution in [2.75, 3.05) is 20.0 Å². The van der Waals surface area contributed by atoms with Gasteiger partial charge in [-0.05, 0) is 24.3 Å². The number of para-hydroxylation sites is 1. The first kappa shape index (κ1) is 19.8. The van der Waals surface area contributed by atoms with Crippen molar-refractivity contribution in [1.29, 1.82) is 0 Å². The summed E-state index contributed by atoms with van der Waals surface area (Å²) < 4.78 is 43.8. The highest BCUT2D eigenvalue weighted by atomic mass is 32.2. The van der Waals surface area contributed by atoms with E-state index in [0.717, 1.165) is 0 Å². The fourth-order valence-corrected chi connectivity index (χ4v) is 3.87. The Labute approximate surface area is 161 Å². The SMILES string of the molecule is COc1ccc2c(c1)c(C(=O)O)c1cccc(OC)c1[n+]2CCCS(=O)(=O)O. The Balaban J connectivity index is 2.39. The number of carboxylic acid groups (broad SMARTS) is 1. The van der Waals surface area contributed by atoms with E-state index >= 15 is 0 Å². The smallest absolute Gasteiger partial charge is 0.337 e. The van der Waals surface area contributed by atoms with Crippen LogP contribution >= 0.6 is 0 Å². The summed E-state index contributed by atoms with van der Waals surface area (Å²) in [5, 5.41) is 10.8. The van der Waals surface area contributed by atoms with Gasteiger partial charge in [0.15, 0.2) is 12.3 Å². The summed E-state index contributed by atoms with van der Waals surface area (Å²) in [4.78, 5) is 12.1. The van der Waals surface area contributed by atoms with Crippen molar-refractivity contribution in [2.24, 2.45) is 0 Å². The predicted octanol–water partition coefficient (Wildman–Crippen LogP) is 2.27. The molecule has 9 heteroatoms. The lowest BCUT2D eigenvalue weighted by Crippen LogP contribution is -2.37. The summed E-state index contributed by atoms with van der Waals surface area (Å²) >= 11 is 0. The molecule has 2 aromatic carbocycles. The standard InChI is InChI=1S/C19H19NO7S/c1-26-12-7-8-15-14(11-12)17(19(21)22)13-5-3-6-16(27-2)18(13)20(15)9-4-10-28(23,24)25/h3,5-8,11H,4,9-10H2,1-2H3,(H-,21,22,23,24,25)/p+1. The lowest BCUT2D eigenvalue weighted by molar-refractivity contribution is -0.645. The van der Waals surface area contributed by atoms with E-state index < -0.39 is 21.8 Å². The molecule has 0 saturated carbocycles. The summed E-state index contributed by atoms with van der Waals surface area (Å²) in [7, 11) is -1.13. The lowest BCUT2D eigenvalue weighted by Gasteiger charge is -2.12. The average molecular weight is 406 g/mol. The quantitative estimate of drug-likeness (QED) is 0.351.